The number of aliphatic hydroxyl groups is 2. The third-order valence-electron chi connectivity index (χ3n) is 11.4. The van der Waals surface area contributed by atoms with Crippen LogP contribution in [0.2, 0.25) is 0 Å². The summed E-state index contributed by atoms with van der Waals surface area (Å²) in [7, 11) is 1.18. The highest BCUT2D eigenvalue weighted by molar-refractivity contribution is 5.97. The number of methoxy groups -OCH3 is 1. The van der Waals surface area contributed by atoms with Crippen LogP contribution in [0.25, 0.3) is 0 Å². The number of cyclic esters (lactones) is 1. The summed E-state index contributed by atoms with van der Waals surface area (Å²) in [6, 6.07) is -8.65. The average molecular weight is 853 g/mol. The van der Waals surface area contributed by atoms with Crippen molar-refractivity contribution in [3.8, 4) is 0 Å². The van der Waals surface area contributed by atoms with Gasteiger partial charge in [0.15, 0.2) is 17.7 Å². The van der Waals surface area contributed by atoms with Crippen molar-refractivity contribution in [2.24, 2.45) is 28.0 Å². The quantitative estimate of drug-likeness (QED) is 0.130. The first-order valence-electron chi connectivity index (χ1n) is 20.2. The number of amides is 6. The zero-order valence-corrected chi connectivity index (χ0v) is 35.3. The Kier molecular flexibility index (Phi) is 15.9. The number of carbonyl (C=O) groups is 7. The Morgan fingerprint density at radius 3 is 2.12 bits per heavy atom. The van der Waals surface area contributed by atoms with E-state index in [1.54, 1.807) is 6.92 Å². The Morgan fingerprint density at radius 2 is 1.55 bits per heavy atom. The van der Waals surface area contributed by atoms with Gasteiger partial charge < -0.3 is 35.1 Å². The van der Waals surface area contributed by atoms with E-state index in [-0.39, 0.29) is 48.1 Å². The van der Waals surface area contributed by atoms with Crippen molar-refractivity contribution in [3.05, 3.63) is 0 Å². The molecule has 10 unspecified atom stereocenters. The summed E-state index contributed by atoms with van der Waals surface area (Å²) >= 11 is 0. The zero-order chi connectivity index (χ0) is 44.9. The normalized spacial score (nSPS) is 32.8. The minimum absolute atomic E-state index is 0.00281. The summed E-state index contributed by atoms with van der Waals surface area (Å²) in [5, 5.41) is 60.0. The standard InChI is InChI=1S/C38H60N8O14/c1-20(2)17-24-13-14-38(55,60-23(24)6)37(7,54)36(53)42-29-30(21(3)4)59-35(52)22(5)45(56)32(49)25-11-9-15-40-43(25)28(47)18-39-31(48)27(19-58-8)46(57)33(50)26-12-10-16-41-44(26)34(29)51/h15-16,20-27,29-30,54-57H,9-14,17-19H2,1-8H3,(H,39,48)(H,42,53). The molecule has 6 amide bonds. The molecule has 22 nitrogen and oxygen atoms in total. The fraction of sp³-hybridized carbons (Fsp3) is 0.763. The molecule has 2 fully saturated rings. The lowest BCUT2D eigenvalue weighted by Crippen LogP contribution is -2.68. The molecular weight excluding hydrogens is 792 g/mol. The van der Waals surface area contributed by atoms with E-state index in [1.165, 1.54) is 33.4 Å². The third-order valence-corrected chi connectivity index (χ3v) is 11.4. The van der Waals surface area contributed by atoms with Crippen LogP contribution in [0.1, 0.15) is 93.4 Å². The molecule has 0 aliphatic carbocycles. The molecule has 10 atom stereocenters. The van der Waals surface area contributed by atoms with Crippen molar-refractivity contribution in [2.45, 2.75) is 147 Å². The monoisotopic (exact) mass is 852 g/mol. The van der Waals surface area contributed by atoms with Crippen LogP contribution in [-0.2, 0) is 47.8 Å². The van der Waals surface area contributed by atoms with Crippen LogP contribution in [0, 0.1) is 17.8 Å². The molecular formula is C38H60N8O14. The number of ether oxygens (including phenoxy) is 3. The van der Waals surface area contributed by atoms with Gasteiger partial charge >= 0.3 is 5.97 Å². The number of nitrogens with one attached hydrogen (secondary N) is 2. The van der Waals surface area contributed by atoms with Gasteiger partial charge in [0.2, 0.25) is 11.7 Å². The van der Waals surface area contributed by atoms with Crippen LogP contribution in [0.15, 0.2) is 10.2 Å². The van der Waals surface area contributed by atoms with Crippen molar-refractivity contribution in [3.63, 3.8) is 0 Å². The number of nitrogens with zero attached hydrogens (tertiary/aromatic N) is 6. The van der Waals surface area contributed by atoms with E-state index in [0.717, 1.165) is 25.3 Å². The minimum atomic E-state index is -2.74. The van der Waals surface area contributed by atoms with Crippen LogP contribution < -0.4 is 10.6 Å². The highest BCUT2D eigenvalue weighted by Crippen LogP contribution is 2.40. The molecule has 0 aromatic rings. The first-order valence-corrected chi connectivity index (χ1v) is 20.2. The van der Waals surface area contributed by atoms with Gasteiger partial charge in [0.25, 0.3) is 29.5 Å². The number of esters is 1. The lowest BCUT2D eigenvalue weighted by atomic mass is 9.79. The van der Waals surface area contributed by atoms with E-state index in [9.17, 15) is 54.2 Å². The van der Waals surface area contributed by atoms with E-state index in [1.807, 2.05) is 13.8 Å². The van der Waals surface area contributed by atoms with Gasteiger partial charge in [0.05, 0.1) is 19.3 Å². The maximum Gasteiger partial charge on any atom is 0.331 e. The van der Waals surface area contributed by atoms with Crippen LogP contribution in [-0.4, -0.2) is 169 Å². The molecule has 336 valence electrons. The molecule has 4 aliphatic rings. The Labute approximate surface area is 348 Å². The lowest BCUT2D eigenvalue weighted by molar-refractivity contribution is -0.326. The summed E-state index contributed by atoms with van der Waals surface area (Å²) in [4.78, 5) is 97.2. The molecule has 0 aromatic carbocycles. The van der Waals surface area contributed by atoms with E-state index in [2.05, 4.69) is 20.8 Å². The summed E-state index contributed by atoms with van der Waals surface area (Å²) in [5.74, 6) is -11.2. The molecule has 60 heavy (non-hydrogen) atoms. The predicted molar refractivity (Wildman–Crippen MR) is 207 cm³/mol. The van der Waals surface area contributed by atoms with E-state index >= 15 is 0 Å². The van der Waals surface area contributed by atoms with Gasteiger partial charge in [0.1, 0.15) is 24.2 Å². The molecule has 0 saturated carbocycles. The first-order chi connectivity index (χ1) is 28.1. The van der Waals surface area contributed by atoms with Gasteiger partial charge in [0, 0.05) is 26.0 Å². The Hall–Kier alpha value is -4.61. The first kappa shape index (κ1) is 48.1. The van der Waals surface area contributed by atoms with Crippen LogP contribution in [0.3, 0.4) is 0 Å². The number of carbonyl (C=O) groups excluding carboxylic acids is 7. The fourth-order valence-corrected chi connectivity index (χ4v) is 7.65. The van der Waals surface area contributed by atoms with Crippen LogP contribution in [0.4, 0.5) is 0 Å². The van der Waals surface area contributed by atoms with Crippen molar-refractivity contribution < 1.29 is 68.4 Å². The Morgan fingerprint density at radius 1 is 0.967 bits per heavy atom. The third kappa shape index (κ3) is 10.3. The number of hydrazone groups is 2. The smallest absolute Gasteiger partial charge is 0.331 e. The topological polar surface area (TPSA) is 290 Å². The predicted octanol–water partition coefficient (Wildman–Crippen LogP) is -0.738. The molecule has 4 heterocycles. The molecule has 0 radical (unpaired) electrons. The van der Waals surface area contributed by atoms with E-state index in [0.29, 0.717) is 17.3 Å². The highest BCUT2D eigenvalue weighted by atomic mass is 16.6. The zero-order valence-electron chi connectivity index (χ0n) is 35.3. The van der Waals surface area contributed by atoms with Gasteiger partial charge in [-0.15, -0.1) is 0 Å². The van der Waals surface area contributed by atoms with Crippen molar-refractivity contribution in [1.82, 2.24) is 30.8 Å². The summed E-state index contributed by atoms with van der Waals surface area (Å²) in [6.07, 6.45) is 1.39. The largest absolute Gasteiger partial charge is 0.458 e. The summed E-state index contributed by atoms with van der Waals surface area (Å²) < 4.78 is 16.8. The number of hydrogen-bond donors (Lipinski definition) is 6. The van der Waals surface area contributed by atoms with Gasteiger partial charge in [-0.05, 0) is 77.0 Å². The second-order valence-electron chi connectivity index (χ2n) is 16.6. The second kappa shape index (κ2) is 19.8. The molecule has 0 bridgehead atoms. The average Bonchev–Trinajstić information content (AvgIpc) is 3.21. The molecule has 6 N–H and O–H groups in total. The van der Waals surface area contributed by atoms with E-state index < -0.39 is 114 Å². The SMILES string of the molecule is COCC1C(=O)NCC(=O)N2N=CCCC2C(=O)N(O)C(C)C(=O)OC(C(C)C)C(NC(=O)C(C)(O)C2(O)CCC(CC(C)C)C(C)O2)C(=O)N2N=CCCC2C(=O)N1O. The van der Waals surface area contributed by atoms with Crippen LogP contribution in [0.5, 0.6) is 0 Å². The molecule has 22 heteroatoms. The van der Waals surface area contributed by atoms with Crippen molar-refractivity contribution >= 4 is 53.8 Å². The van der Waals surface area contributed by atoms with E-state index in [4.69, 9.17) is 14.2 Å². The van der Waals surface area contributed by atoms with Gasteiger partial charge in [-0.3, -0.25) is 39.2 Å². The molecule has 4 rings (SSSR count). The highest BCUT2D eigenvalue weighted by Gasteiger charge is 2.57. The number of hydrogen-bond acceptors (Lipinski definition) is 16. The number of hydroxylamine groups is 4. The Balaban J connectivity index is 1.80. The Bertz CT molecular complexity index is 1690. The van der Waals surface area contributed by atoms with Crippen molar-refractivity contribution in [1.29, 1.82) is 0 Å². The minimum Gasteiger partial charge on any atom is -0.458 e. The maximum atomic E-state index is 14.8. The molecule has 0 spiro atoms. The molecule has 0 aromatic heterocycles. The fourth-order valence-electron chi connectivity index (χ4n) is 7.65. The van der Waals surface area contributed by atoms with Gasteiger partial charge in [-0.1, -0.05) is 27.7 Å². The van der Waals surface area contributed by atoms with Crippen LogP contribution >= 0.6 is 0 Å². The number of fused-ring (bicyclic) bond motifs is 2. The second-order valence-corrected chi connectivity index (χ2v) is 16.6. The number of rotatable bonds is 8. The summed E-state index contributed by atoms with van der Waals surface area (Å²) in [6.45, 7) is 9.51. The van der Waals surface area contributed by atoms with Gasteiger partial charge in [-0.2, -0.15) is 10.2 Å². The summed E-state index contributed by atoms with van der Waals surface area (Å²) in [5.41, 5.74) is -2.74. The maximum absolute atomic E-state index is 14.8. The molecule has 4 aliphatic heterocycles. The van der Waals surface area contributed by atoms with Gasteiger partial charge in [-0.25, -0.2) is 24.9 Å². The lowest BCUT2D eigenvalue weighted by Gasteiger charge is -2.47. The van der Waals surface area contributed by atoms with Crippen molar-refractivity contribution in [2.75, 3.05) is 20.3 Å². The molecule has 2 saturated heterocycles.